The number of fused-ring (bicyclic) bond motifs is 1. The summed E-state index contributed by atoms with van der Waals surface area (Å²) in [6, 6.07) is 3.60. The highest BCUT2D eigenvalue weighted by molar-refractivity contribution is 5.83. The molecule has 5 nitrogen and oxygen atoms in total. The summed E-state index contributed by atoms with van der Waals surface area (Å²) >= 11 is 0. The number of aliphatic hydroxyl groups is 1. The standard InChI is InChI=1S/C21H24N2O3/c1-22-16-5-4-14-10-17-21(26)7-6-15(24)11-20(21,18(14)19(16)25)8-9-23(17)12-13-2-3-13/h4-5,13,17,25-26H,2-3,6-12H2/t17-,20-,21-/m1/s1. The normalized spacial score (nSPS) is 36.2. The number of Topliss-reactive ketones (excluding diaryl/α,β-unsaturated/α-hetero) is 1. The van der Waals surface area contributed by atoms with Crippen LogP contribution in [0.15, 0.2) is 12.1 Å². The van der Waals surface area contributed by atoms with Crippen LogP contribution in [-0.2, 0) is 16.6 Å². The van der Waals surface area contributed by atoms with Crippen molar-refractivity contribution in [1.29, 1.82) is 0 Å². The quantitative estimate of drug-likeness (QED) is 0.803. The van der Waals surface area contributed by atoms with E-state index in [9.17, 15) is 15.0 Å². The average molecular weight is 352 g/mol. The molecule has 1 heterocycles. The first-order chi connectivity index (χ1) is 12.5. The van der Waals surface area contributed by atoms with Crippen molar-refractivity contribution >= 4 is 11.5 Å². The Morgan fingerprint density at radius 3 is 2.85 bits per heavy atom. The monoisotopic (exact) mass is 352 g/mol. The molecule has 136 valence electrons. The second-order valence-corrected chi connectivity index (χ2v) is 8.71. The number of phenolic OH excluding ortho intramolecular Hbond substituents is 1. The SMILES string of the molecule is [C-]#[N+]c1ccc2c(c1O)[C@]13CCN(CC4CC4)[C@H](C2)[C@]1(O)CCC(=O)C3. The van der Waals surface area contributed by atoms with Gasteiger partial charge in [0.15, 0.2) is 0 Å². The predicted octanol–water partition coefficient (Wildman–Crippen LogP) is 2.71. The van der Waals surface area contributed by atoms with E-state index < -0.39 is 11.0 Å². The summed E-state index contributed by atoms with van der Waals surface area (Å²) in [6.07, 6.45) is 5.04. The molecule has 1 aliphatic heterocycles. The van der Waals surface area contributed by atoms with E-state index in [0.29, 0.717) is 31.2 Å². The maximum atomic E-state index is 12.4. The predicted molar refractivity (Wildman–Crippen MR) is 96.3 cm³/mol. The van der Waals surface area contributed by atoms with Gasteiger partial charge in [-0.2, -0.15) is 0 Å². The van der Waals surface area contributed by atoms with Crippen molar-refractivity contribution in [3.8, 4) is 5.75 Å². The lowest BCUT2D eigenvalue weighted by Crippen LogP contribution is -2.73. The maximum Gasteiger partial charge on any atom is 0.228 e. The highest BCUT2D eigenvalue weighted by Crippen LogP contribution is 2.60. The van der Waals surface area contributed by atoms with Gasteiger partial charge in [-0.05, 0) is 55.7 Å². The molecule has 3 fully saturated rings. The maximum absolute atomic E-state index is 12.4. The molecular formula is C21H24N2O3. The van der Waals surface area contributed by atoms with Crippen LogP contribution in [0.1, 0.15) is 49.7 Å². The summed E-state index contributed by atoms with van der Waals surface area (Å²) in [5, 5.41) is 22.8. The zero-order chi connectivity index (χ0) is 18.1. The lowest BCUT2D eigenvalue weighted by molar-refractivity contribution is -0.173. The molecule has 5 heteroatoms. The van der Waals surface area contributed by atoms with Gasteiger partial charge >= 0.3 is 0 Å². The van der Waals surface area contributed by atoms with Gasteiger partial charge in [0.05, 0.1) is 12.2 Å². The molecule has 0 amide bonds. The molecule has 5 rings (SSSR count). The minimum Gasteiger partial charge on any atom is -0.519 e. The Balaban J connectivity index is 1.70. The lowest BCUT2D eigenvalue weighted by atomic mass is 9.49. The number of likely N-dealkylation sites (tertiary alicyclic amines) is 1. The third-order valence-corrected chi connectivity index (χ3v) is 7.38. The molecule has 3 aliphatic carbocycles. The number of benzene rings is 1. The number of rotatable bonds is 2. The molecule has 2 saturated carbocycles. The fourth-order valence-electron chi connectivity index (χ4n) is 5.93. The number of nitrogens with zero attached hydrogens (tertiary/aromatic N) is 2. The van der Waals surface area contributed by atoms with Crippen LogP contribution in [0.25, 0.3) is 4.85 Å². The Morgan fingerprint density at radius 2 is 2.12 bits per heavy atom. The van der Waals surface area contributed by atoms with Gasteiger partial charge in [0.25, 0.3) is 0 Å². The van der Waals surface area contributed by atoms with E-state index in [-0.39, 0.29) is 29.7 Å². The van der Waals surface area contributed by atoms with Crippen molar-refractivity contribution in [2.75, 3.05) is 13.1 Å². The Bertz CT molecular complexity index is 840. The molecule has 3 atom stereocenters. The first-order valence-corrected chi connectivity index (χ1v) is 9.69. The third kappa shape index (κ3) is 2.00. The molecular weight excluding hydrogens is 328 g/mol. The number of piperidine rings is 1. The van der Waals surface area contributed by atoms with Crippen molar-refractivity contribution in [3.05, 3.63) is 34.7 Å². The van der Waals surface area contributed by atoms with Gasteiger partial charge in [-0.15, -0.1) is 0 Å². The number of ketones is 1. The number of carbonyl (C=O) groups excluding carboxylic acids is 1. The van der Waals surface area contributed by atoms with Crippen LogP contribution in [0.3, 0.4) is 0 Å². The highest BCUT2D eigenvalue weighted by Gasteiger charge is 2.65. The van der Waals surface area contributed by atoms with Crippen molar-refractivity contribution in [3.63, 3.8) is 0 Å². The largest absolute Gasteiger partial charge is 0.519 e. The topological polar surface area (TPSA) is 65.1 Å². The van der Waals surface area contributed by atoms with Crippen molar-refractivity contribution in [2.45, 2.75) is 62.0 Å². The molecule has 26 heavy (non-hydrogen) atoms. The van der Waals surface area contributed by atoms with E-state index in [4.69, 9.17) is 6.57 Å². The van der Waals surface area contributed by atoms with Gasteiger partial charge in [-0.25, -0.2) is 4.85 Å². The van der Waals surface area contributed by atoms with Gasteiger partial charge in [-0.1, -0.05) is 12.1 Å². The number of hydrogen-bond donors (Lipinski definition) is 2. The number of phenols is 1. The average Bonchev–Trinajstić information content (AvgIpc) is 3.42. The van der Waals surface area contributed by atoms with Gasteiger partial charge in [0.1, 0.15) is 11.5 Å². The first kappa shape index (κ1) is 16.3. The van der Waals surface area contributed by atoms with E-state index in [1.165, 1.54) is 12.8 Å². The third-order valence-electron chi connectivity index (χ3n) is 7.38. The molecule has 1 aromatic carbocycles. The minimum atomic E-state index is -1.00. The molecule has 1 saturated heterocycles. The van der Waals surface area contributed by atoms with Crippen LogP contribution in [0, 0.1) is 12.5 Å². The Hall–Kier alpha value is -1.90. The van der Waals surface area contributed by atoms with Gasteiger partial charge in [0.2, 0.25) is 5.69 Å². The fourth-order valence-corrected chi connectivity index (χ4v) is 5.93. The number of aromatic hydroxyl groups is 1. The van der Waals surface area contributed by atoms with Gasteiger partial charge < -0.3 is 10.2 Å². The van der Waals surface area contributed by atoms with Crippen molar-refractivity contribution in [1.82, 2.24) is 4.90 Å². The Labute approximate surface area is 153 Å². The van der Waals surface area contributed by atoms with Crippen molar-refractivity contribution < 1.29 is 15.0 Å². The van der Waals surface area contributed by atoms with Crippen LogP contribution in [0.5, 0.6) is 5.75 Å². The molecule has 0 spiro atoms. The van der Waals surface area contributed by atoms with E-state index in [2.05, 4.69) is 9.74 Å². The van der Waals surface area contributed by atoms with Gasteiger partial charge in [-0.3, -0.25) is 9.69 Å². The van der Waals surface area contributed by atoms with E-state index in [1.807, 2.05) is 6.07 Å². The molecule has 1 aromatic rings. The smallest absolute Gasteiger partial charge is 0.228 e. The van der Waals surface area contributed by atoms with E-state index >= 15 is 0 Å². The van der Waals surface area contributed by atoms with Crippen LogP contribution in [-0.4, -0.2) is 45.6 Å². The Morgan fingerprint density at radius 1 is 1.31 bits per heavy atom. The second kappa shape index (κ2) is 5.31. The summed E-state index contributed by atoms with van der Waals surface area (Å²) in [5.41, 5.74) is 0.158. The number of carbonyl (C=O) groups is 1. The molecule has 2 bridgehead atoms. The molecule has 0 unspecified atom stereocenters. The van der Waals surface area contributed by atoms with Gasteiger partial charge in [0, 0.05) is 30.8 Å². The first-order valence-electron chi connectivity index (χ1n) is 9.69. The van der Waals surface area contributed by atoms with Crippen LogP contribution in [0.2, 0.25) is 0 Å². The highest BCUT2D eigenvalue weighted by atomic mass is 16.3. The summed E-state index contributed by atoms with van der Waals surface area (Å²) in [7, 11) is 0. The summed E-state index contributed by atoms with van der Waals surface area (Å²) in [5.74, 6) is 0.889. The van der Waals surface area contributed by atoms with E-state index in [1.54, 1.807) is 6.07 Å². The molecule has 0 radical (unpaired) electrons. The lowest BCUT2D eigenvalue weighted by Gasteiger charge is -2.63. The van der Waals surface area contributed by atoms with Crippen LogP contribution in [0.4, 0.5) is 5.69 Å². The van der Waals surface area contributed by atoms with Crippen LogP contribution < -0.4 is 0 Å². The summed E-state index contributed by atoms with van der Waals surface area (Å²) in [4.78, 5) is 18.3. The fraction of sp³-hybridized carbons (Fsp3) is 0.619. The second-order valence-electron chi connectivity index (χ2n) is 8.71. The zero-order valence-corrected chi connectivity index (χ0v) is 14.9. The minimum absolute atomic E-state index is 0.00404. The zero-order valence-electron chi connectivity index (χ0n) is 14.9. The van der Waals surface area contributed by atoms with Crippen molar-refractivity contribution in [2.24, 2.45) is 5.92 Å². The molecule has 4 aliphatic rings. The molecule has 2 N–H and O–H groups in total. The summed E-state index contributed by atoms with van der Waals surface area (Å²) < 4.78 is 0. The van der Waals surface area contributed by atoms with Crippen LogP contribution >= 0.6 is 0 Å². The summed E-state index contributed by atoms with van der Waals surface area (Å²) in [6.45, 7) is 9.21. The van der Waals surface area contributed by atoms with E-state index in [0.717, 1.165) is 24.6 Å². The Kier molecular flexibility index (Phi) is 3.33. The number of hydrogen-bond acceptors (Lipinski definition) is 4. The molecule has 0 aromatic heterocycles.